The maximum atomic E-state index is 11.9. The molecule has 1 heterocycles. The van der Waals surface area contributed by atoms with E-state index in [0.29, 0.717) is 5.92 Å². The van der Waals surface area contributed by atoms with E-state index in [-0.39, 0.29) is 12.0 Å². The van der Waals surface area contributed by atoms with Crippen molar-refractivity contribution in [1.29, 1.82) is 0 Å². The van der Waals surface area contributed by atoms with E-state index in [2.05, 4.69) is 38.9 Å². The predicted molar refractivity (Wildman–Crippen MR) is 71.5 cm³/mol. The molecule has 0 amide bonds. The van der Waals surface area contributed by atoms with Gasteiger partial charge in [-0.3, -0.25) is 4.68 Å². The first-order valence-electron chi connectivity index (χ1n) is 6.68. The van der Waals surface area contributed by atoms with Crippen molar-refractivity contribution in [3.8, 4) is 0 Å². The molecule has 0 fully saturated rings. The normalized spacial score (nSPS) is 12.8. The molecule has 4 heteroatoms. The zero-order valence-corrected chi connectivity index (χ0v) is 12.1. The molecule has 18 heavy (non-hydrogen) atoms. The van der Waals surface area contributed by atoms with Gasteiger partial charge in [-0.2, -0.15) is 5.10 Å². The lowest BCUT2D eigenvalue weighted by atomic mass is 10.0. The average molecular weight is 252 g/mol. The van der Waals surface area contributed by atoms with Crippen LogP contribution < -0.4 is 0 Å². The van der Waals surface area contributed by atoms with Crippen molar-refractivity contribution in [2.45, 2.75) is 53.0 Å². The monoisotopic (exact) mass is 252 g/mol. The molecule has 0 spiro atoms. The van der Waals surface area contributed by atoms with Crippen LogP contribution in [0, 0.1) is 5.92 Å². The fraction of sp³-hybridized carbons (Fsp3) is 0.714. The lowest BCUT2D eigenvalue weighted by Crippen LogP contribution is -2.25. The van der Waals surface area contributed by atoms with Crippen LogP contribution in [0.3, 0.4) is 0 Å². The van der Waals surface area contributed by atoms with Gasteiger partial charge in [0.15, 0.2) is 0 Å². The number of methoxy groups -OCH3 is 1. The molecular formula is C14H24N2O2. The SMILES string of the molecule is CCc1cc(CC)n([C@H](CC(C)C)C(=O)OC)n1. The first-order valence-corrected chi connectivity index (χ1v) is 6.68. The van der Waals surface area contributed by atoms with Crippen LogP contribution in [0.5, 0.6) is 0 Å². The van der Waals surface area contributed by atoms with Gasteiger partial charge in [0.2, 0.25) is 0 Å². The highest BCUT2D eigenvalue weighted by atomic mass is 16.5. The Morgan fingerprint density at radius 2 is 2.06 bits per heavy atom. The fourth-order valence-electron chi connectivity index (χ4n) is 2.08. The van der Waals surface area contributed by atoms with Crippen LogP contribution in [0.4, 0.5) is 0 Å². The summed E-state index contributed by atoms with van der Waals surface area (Å²) in [6.45, 7) is 8.36. The number of carbonyl (C=O) groups excluding carboxylic acids is 1. The third-order valence-electron chi connectivity index (χ3n) is 3.05. The zero-order valence-electron chi connectivity index (χ0n) is 12.1. The lowest BCUT2D eigenvalue weighted by molar-refractivity contribution is -0.145. The maximum absolute atomic E-state index is 11.9. The summed E-state index contributed by atoms with van der Waals surface area (Å²) in [5.41, 5.74) is 2.13. The largest absolute Gasteiger partial charge is 0.467 e. The second-order valence-electron chi connectivity index (χ2n) is 4.95. The highest BCUT2D eigenvalue weighted by Gasteiger charge is 2.25. The number of nitrogens with zero attached hydrogens (tertiary/aromatic N) is 2. The van der Waals surface area contributed by atoms with Gasteiger partial charge in [0.25, 0.3) is 0 Å². The molecule has 1 aromatic rings. The van der Waals surface area contributed by atoms with E-state index in [1.54, 1.807) is 0 Å². The summed E-state index contributed by atoms with van der Waals surface area (Å²) < 4.78 is 6.76. The first kappa shape index (κ1) is 14.7. The minimum atomic E-state index is -0.301. The molecule has 102 valence electrons. The Bertz CT molecular complexity index is 396. The van der Waals surface area contributed by atoms with Crippen LogP contribution in [0.25, 0.3) is 0 Å². The number of rotatable bonds is 6. The second kappa shape index (κ2) is 6.57. The van der Waals surface area contributed by atoms with Gasteiger partial charge in [-0.05, 0) is 31.2 Å². The number of carbonyl (C=O) groups is 1. The number of hydrogen-bond acceptors (Lipinski definition) is 3. The molecule has 0 radical (unpaired) electrons. The Kier molecular flexibility index (Phi) is 5.38. The van der Waals surface area contributed by atoms with E-state index in [4.69, 9.17) is 4.74 Å². The highest BCUT2D eigenvalue weighted by Crippen LogP contribution is 2.22. The van der Waals surface area contributed by atoms with Crippen LogP contribution in [0.1, 0.15) is 51.5 Å². The molecule has 0 unspecified atom stereocenters. The third-order valence-corrected chi connectivity index (χ3v) is 3.05. The number of aryl methyl sites for hydroxylation is 2. The molecule has 0 aliphatic rings. The second-order valence-corrected chi connectivity index (χ2v) is 4.95. The van der Waals surface area contributed by atoms with Gasteiger partial charge in [0, 0.05) is 5.69 Å². The molecule has 1 rings (SSSR count). The summed E-state index contributed by atoms with van der Waals surface area (Å²) >= 11 is 0. The van der Waals surface area contributed by atoms with E-state index < -0.39 is 0 Å². The van der Waals surface area contributed by atoms with Crippen molar-refractivity contribution in [3.63, 3.8) is 0 Å². The molecule has 0 N–H and O–H groups in total. The quantitative estimate of drug-likeness (QED) is 0.731. The summed E-state index contributed by atoms with van der Waals surface area (Å²) in [5, 5.41) is 4.54. The average Bonchev–Trinajstić information content (AvgIpc) is 2.77. The minimum Gasteiger partial charge on any atom is -0.467 e. The van der Waals surface area contributed by atoms with Crippen LogP contribution >= 0.6 is 0 Å². The Morgan fingerprint density at radius 1 is 1.39 bits per heavy atom. The van der Waals surface area contributed by atoms with Crippen molar-refractivity contribution in [3.05, 3.63) is 17.5 Å². The molecule has 0 aromatic carbocycles. The van der Waals surface area contributed by atoms with E-state index >= 15 is 0 Å². The molecule has 1 aromatic heterocycles. The van der Waals surface area contributed by atoms with Gasteiger partial charge in [-0.25, -0.2) is 4.79 Å². The summed E-state index contributed by atoms with van der Waals surface area (Å²) in [4.78, 5) is 11.9. The molecular weight excluding hydrogens is 228 g/mol. The van der Waals surface area contributed by atoms with Crippen molar-refractivity contribution in [1.82, 2.24) is 9.78 Å². The van der Waals surface area contributed by atoms with Gasteiger partial charge >= 0.3 is 5.97 Å². The Hall–Kier alpha value is -1.32. The van der Waals surface area contributed by atoms with Crippen molar-refractivity contribution < 1.29 is 9.53 Å². The van der Waals surface area contributed by atoms with E-state index in [9.17, 15) is 4.79 Å². The van der Waals surface area contributed by atoms with Crippen LogP contribution in [-0.2, 0) is 22.4 Å². The molecule has 4 nitrogen and oxygen atoms in total. The molecule has 0 aliphatic heterocycles. The molecule has 0 aliphatic carbocycles. The number of hydrogen-bond donors (Lipinski definition) is 0. The molecule has 0 saturated carbocycles. The van der Waals surface area contributed by atoms with Gasteiger partial charge in [0.05, 0.1) is 12.8 Å². The Balaban J connectivity index is 3.10. The van der Waals surface area contributed by atoms with Crippen LogP contribution in [-0.4, -0.2) is 22.9 Å². The van der Waals surface area contributed by atoms with Crippen molar-refractivity contribution in [2.75, 3.05) is 7.11 Å². The van der Waals surface area contributed by atoms with Crippen molar-refractivity contribution in [2.24, 2.45) is 5.92 Å². The number of esters is 1. The summed E-state index contributed by atoms with van der Waals surface area (Å²) in [6.07, 6.45) is 2.51. The van der Waals surface area contributed by atoms with E-state index in [1.165, 1.54) is 7.11 Å². The summed E-state index contributed by atoms with van der Waals surface area (Å²) in [7, 11) is 1.44. The van der Waals surface area contributed by atoms with Gasteiger partial charge in [0.1, 0.15) is 6.04 Å². The number of ether oxygens (including phenoxy) is 1. The Morgan fingerprint density at radius 3 is 2.50 bits per heavy atom. The summed E-state index contributed by atoms with van der Waals surface area (Å²) in [5.74, 6) is 0.220. The molecule has 0 saturated heterocycles. The predicted octanol–water partition coefficient (Wildman–Crippen LogP) is 2.77. The van der Waals surface area contributed by atoms with Gasteiger partial charge in [-0.1, -0.05) is 27.7 Å². The fourth-order valence-corrected chi connectivity index (χ4v) is 2.08. The maximum Gasteiger partial charge on any atom is 0.330 e. The van der Waals surface area contributed by atoms with Gasteiger partial charge < -0.3 is 4.74 Å². The number of aromatic nitrogens is 2. The van der Waals surface area contributed by atoms with Crippen LogP contribution in [0.15, 0.2) is 6.07 Å². The van der Waals surface area contributed by atoms with E-state index in [0.717, 1.165) is 30.7 Å². The smallest absolute Gasteiger partial charge is 0.330 e. The van der Waals surface area contributed by atoms with E-state index in [1.807, 2.05) is 4.68 Å². The highest BCUT2D eigenvalue weighted by molar-refractivity contribution is 5.74. The standard InChI is InChI=1S/C14H24N2O2/c1-6-11-9-12(7-2)16(15-11)13(8-10(3)4)14(17)18-5/h9-10,13H,6-8H2,1-5H3/t13-/m1/s1. The minimum absolute atomic E-state index is 0.204. The molecule has 1 atom stereocenters. The first-order chi connectivity index (χ1) is 8.53. The summed E-state index contributed by atoms with van der Waals surface area (Å²) in [6, 6.07) is 1.78. The van der Waals surface area contributed by atoms with Crippen molar-refractivity contribution >= 4 is 5.97 Å². The lowest BCUT2D eigenvalue weighted by Gasteiger charge is -2.19. The zero-order chi connectivity index (χ0) is 13.7. The van der Waals surface area contributed by atoms with Gasteiger partial charge in [-0.15, -0.1) is 0 Å². The topological polar surface area (TPSA) is 44.1 Å². The Labute approximate surface area is 109 Å². The van der Waals surface area contributed by atoms with Crippen LogP contribution in [0.2, 0.25) is 0 Å². The molecule has 0 bridgehead atoms. The third kappa shape index (κ3) is 3.34.